The standard InChI is InChI=1S/C32H36Cl2F3N3O3S/c1-31(2,3)19-38-18-20-10-11-27-21(12-20)6-4-9-28(27)39-30(41)17-29(22-13-24(33)16-25(34)14-22)40-44(42,43)26-8-5-7-23(15-26)32(35,36)37/h5,7-8,10-16,28-29,38,40H,4,6,9,17-19H2,1-3H3,(H,39,41)/t28-,29?/m1/s1. The fraction of sp³-hybridized carbons (Fsp3) is 0.406. The molecule has 0 aliphatic heterocycles. The van der Waals surface area contributed by atoms with Crippen molar-refractivity contribution in [3.8, 4) is 0 Å². The van der Waals surface area contributed by atoms with Crippen LogP contribution in [0.25, 0.3) is 0 Å². The van der Waals surface area contributed by atoms with Gasteiger partial charge >= 0.3 is 6.18 Å². The van der Waals surface area contributed by atoms with Crippen LogP contribution < -0.4 is 15.4 Å². The zero-order chi connectivity index (χ0) is 32.3. The molecule has 12 heteroatoms. The van der Waals surface area contributed by atoms with Crippen molar-refractivity contribution in [1.29, 1.82) is 0 Å². The Morgan fingerprint density at radius 1 is 1.00 bits per heavy atom. The highest BCUT2D eigenvalue weighted by atomic mass is 35.5. The van der Waals surface area contributed by atoms with Crippen LogP contribution in [0.4, 0.5) is 13.2 Å². The largest absolute Gasteiger partial charge is 0.416 e. The Balaban J connectivity index is 1.54. The number of carbonyl (C=O) groups excluding carboxylic acids is 1. The summed E-state index contributed by atoms with van der Waals surface area (Å²) < 4.78 is 68.8. The molecule has 1 amide bonds. The van der Waals surface area contributed by atoms with Crippen molar-refractivity contribution in [3.05, 3.63) is 98.5 Å². The average Bonchev–Trinajstić information content (AvgIpc) is 2.91. The van der Waals surface area contributed by atoms with Gasteiger partial charge in [-0.25, -0.2) is 13.1 Å². The number of alkyl halides is 3. The van der Waals surface area contributed by atoms with Crippen molar-refractivity contribution in [2.24, 2.45) is 5.41 Å². The lowest BCUT2D eigenvalue weighted by Gasteiger charge is -2.28. The highest BCUT2D eigenvalue weighted by Gasteiger charge is 2.33. The van der Waals surface area contributed by atoms with Crippen LogP contribution >= 0.6 is 23.2 Å². The van der Waals surface area contributed by atoms with Gasteiger partial charge in [-0.05, 0) is 83.3 Å². The van der Waals surface area contributed by atoms with Crippen LogP contribution in [0.3, 0.4) is 0 Å². The molecule has 238 valence electrons. The van der Waals surface area contributed by atoms with Gasteiger partial charge in [-0.15, -0.1) is 0 Å². The first kappa shape index (κ1) is 34.2. The number of benzene rings is 3. The monoisotopic (exact) mass is 669 g/mol. The molecule has 0 bridgehead atoms. The Hall–Kier alpha value is -2.63. The number of hydrogen-bond acceptors (Lipinski definition) is 4. The lowest BCUT2D eigenvalue weighted by molar-refractivity contribution is -0.137. The van der Waals surface area contributed by atoms with Gasteiger partial charge in [0.05, 0.1) is 22.5 Å². The third kappa shape index (κ3) is 9.44. The molecule has 3 aromatic rings. The van der Waals surface area contributed by atoms with E-state index in [0.717, 1.165) is 60.8 Å². The molecule has 0 saturated heterocycles. The molecule has 1 aliphatic carbocycles. The van der Waals surface area contributed by atoms with Gasteiger partial charge in [0.2, 0.25) is 15.9 Å². The van der Waals surface area contributed by atoms with Gasteiger partial charge < -0.3 is 10.6 Å². The molecule has 6 nitrogen and oxygen atoms in total. The van der Waals surface area contributed by atoms with E-state index in [2.05, 4.69) is 42.2 Å². The Morgan fingerprint density at radius 3 is 2.36 bits per heavy atom. The summed E-state index contributed by atoms with van der Waals surface area (Å²) in [7, 11) is -4.49. The first-order valence-electron chi connectivity index (χ1n) is 14.3. The van der Waals surface area contributed by atoms with Crippen LogP contribution in [0.2, 0.25) is 10.0 Å². The van der Waals surface area contributed by atoms with Gasteiger partial charge in [0.1, 0.15) is 0 Å². The van der Waals surface area contributed by atoms with Crippen molar-refractivity contribution in [3.63, 3.8) is 0 Å². The molecule has 3 N–H and O–H groups in total. The summed E-state index contributed by atoms with van der Waals surface area (Å²) in [5, 5.41) is 6.94. The van der Waals surface area contributed by atoms with Crippen LogP contribution in [-0.4, -0.2) is 20.9 Å². The molecular weight excluding hydrogens is 634 g/mol. The van der Waals surface area contributed by atoms with Gasteiger partial charge in [0.25, 0.3) is 0 Å². The Kier molecular flexibility index (Phi) is 10.7. The molecule has 44 heavy (non-hydrogen) atoms. The van der Waals surface area contributed by atoms with E-state index in [1.807, 2.05) is 12.1 Å². The topological polar surface area (TPSA) is 87.3 Å². The molecule has 0 spiro atoms. The Bertz CT molecular complexity index is 1590. The van der Waals surface area contributed by atoms with Gasteiger partial charge in [-0.1, -0.05) is 68.2 Å². The van der Waals surface area contributed by atoms with E-state index in [1.165, 1.54) is 18.2 Å². The predicted octanol–water partition coefficient (Wildman–Crippen LogP) is 7.75. The number of sulfonamides is 1. The van der Waals surface area contributed by atoms with Crippen LogP contribution in [0.1, 0.15) is 79.9 Å². The maximum absolute atomic E-state index is 13.4. The molecule has 1 unspecified atom stereocenters. The highest BCUT2D eigenvalue weighted by Crippen LogP contribution is 2.33. The first-order valence-corrected chi connectivity index (χ1v) is 16.5. The zero-order valence-corrected chi connectivity index (χ0v) is 27.0. The van der Waals surface area contributed by atoms with Crippen molar-refractivity contribution >= 4 is 39.1 Å². The van der Waals surface area contributed by atoms with Crippen molar-refractivity contribution < 1.29 is 26.4 Å². The summed E-state index contributed by atoms with van der Waals surface area (Å²) in [4.78, 5) is 12.8. The highest BCUT2D eigenvalue weighted by molar-refractivity contribution is 7.89. The van der Waals surface area contributed by atoms with Gasteiger partial charge in [0.15, 0.2) is 0 Å². The molecular formula is C32H36Cl2F3N3O3S. The number of amides is 1. The number of halogens is 5. The van der Waals surface area contributed by atoms with Crippen molar-refractivity contribution in [2.45, 2.75) is 76.2 Å². The van der Waals surface area contributed by atoms with Crippen LogP contribution in [0.5, 0.6) is 0 Å². The number of rotatable bonds is 10. The number of carbonyl (C=O) groups is 1. The van der Waals surface area contributed by atoms with Crippen LogP contribution in [-0.2, 0) is 34.0 Å². The number of hydrogen-bond donors (Lipinski definition) is 3. The third-order valence-corrected chi connectivity index (χ3v) is 9.19. The second kappa shape index (κ2) is 13.8. The maximum Gasteiger partial charge on any atom is 0.416 e. The number of nitrogens with one attached hydrogen (secondary N) is 3. The summed E-state index contributed by atoms with van der Waals surface area (Å²) in [5.41, 5.74) is 2.67. The molecule has 0 fully saturated rings. The van der Waals surface area contributed by atoms with Crippen LogP contribution in [0, 0.1) is 5.41 Å². The minimum atomic E-state index is -4.73. The fourth-order valence-corrected chi connectivity index (χ4v) is 7.06. The van der Waals surface area contributed by atoms with Gasteiger partial charge in [0, 0.05) is 29.6 Å². The maximum atomic E-state index is 13.4. The molecule has 3 aromatic carbocycles. The molecule has 0 aromatic heterocycles. The number of aryl methyl sites for hydroxylation is 1. The minimum absolute atomic E-state index is 0.166. The second-order valence-electron chi connectivity index (χ2n) is 12.3. The molecule has 1 aliphatic rings. The summed E-state index contributed by atoms with van der Waals surface area (Å²) in [6.07, 6.45) is -2.60. The van der Waals surface area contributed by atoms with Crippen LogP contribution in [0.15, 0.2) is 65.6 Å². The summed E-state index contributed by atoms with van der Waals surface area (Å²) in [5.74, 6) is -0.438. The SMILES string of the molecule is CC(C)(C)CNCc1ccc2c(c1)CCC[C@H]2NC(=O)CC(NS(=O)(=O)c1cccc(C(F)(F)F)c1)c1cc(Cl)cc(Cl)c1. The fourth-order valence-electron chi connectivity index (χ4n) is 5.25. The molecule has 4 rings (SSSR count). The zero-order valence-electron chi connectivity index (χ0n) is 24.7. The lowest BCUT2D eigenvalue weighted by atomic mass is 9.86. The lowest BCUT2D eigenvalue weighted by Crippen LogP contribution is -2.36. The predicted molar refractivity (Wildman–Crippen MR) is 167 cm³/mol. The molecule has 0 saturated carbocycles. The van der Waals surface area contributed by atoms with E-state index in [1.54, 1.807) is 0 Å². The van der Waals surface area contributed by atoms with E-state index in [0.29, 0.717) is 18.1 Å². The summed E-state index contributed by atoms with van der Waals surface area (Å²) in [6, 6.07) is 12.6. The average molecular weight is 671 g/mol. The third-order valence-electron chi connectivity index (χ3n) is 7.29. The Labute approximate surface area is 266 Å². The van der Waals surface area contributed by atoms with Crippen molar-refractivity contribution in [2.75, 3.05) is 6.54 Å². The van der Waals surface area contributed by atoms with E-state index in [4.69, 9.17) is 23.2 Å². The molecule has 0 heterocycles. The quantitative estimate of drug-likeness (QED) is 0.206. The second-order valence-corrected chi connectivity index (χ2v) is 14.9. The smallest absolute Gasteiger partial charge is 0.349 e. The first-order chi connectivity index (χ1) is 20.5. The Morgan fingerprint density at radius 2 is 1.70 bits per heavy atom. The van der Waals surface area contributed by atoms with Gasteiger partial charge in [-0.2, -0.15) is 13.2 Å². The van der Waals surface area contributed by atoms with E-state index >= 15 is 0 Å². The minimum Gasteiger partial charge on any atom is -0.349 e. The molecule has 2 atom stereocenters. The van der Waals surface area contributed by atoms with E-state index < -0.39 is 38.6 Å². The number of fused-ring (bicyclic) bond motifs is 1. The summed E-state index contributed by atoms with van der Waals surface area (Å²) >= 11 is 12.4. The van der Waals surface area contributed by atoms with E-state index in [-0.39, 0.29) is 27.9 Å². The normalized spacial score (nSPS) is 16.3. The van der Waals surface area contributed by atoms with E-state index in [9.17, 15) is 26.4 Å². The molecule has 0 radical (unpaired) electrons. The summed E-state index contributed by atoms with van der Waals surface area (Å²) in [6.45, 7) is 8.11. The van der Waals surface area contributed by atoms with Crippen molar-refractivity contribution in [1.82, 2.24) is 15.4 Å². The van der Waals surface area contributed by atoms with Gasteiger partial charge in [-0.3, -0.25) is 4.79 Å².